The van der Waals surface area contributed by atoms with Crippen molar-refractivity contribution in [2.75, 3.05) is 6.54 Å². The molecule has 2 heteroatoms. The van der Waals surface area contributed by atoms with E-state index in [0.717, 1.165) is 19.4 Å². The molecular weight excluding hydrogens is 102 g/mol. The fourth-order valence-electron chi connectivity index (χ4n) is 0.405. The monoisotopic (exact) mass is 114 g/mol. The molecular formula is C6H12NO+. The molecule has 8 heavy (non-hydrogen) atoms. The molecule has 0 radical (unpaired) electrons. The fourth-order valence-corrected chi connectivity index (χ4v) is 0.405. The lowest BCUT2D eigenvalue weighted by molar-refractivity contribution is -0.116. The highest BCUT2D eigenvalue weighted by Crippen LogP contribution is 1.80. The standard InChI is InChI=1S/C6H11NO/c1-3-4-5-7-6(2)8/h2-5H2,1H3/p+1. The molecule has 0 aromatic carbocycles. The van der Waals surface area contributed by atoms with Crippen LogP contribution in [0.25, 0.3) is 0 Å². The maximum absolute atomic E-state index is 10.1. The van der Waals surface area contributed by atoms with E-state index in [9.17, 15) is 4.79 Å². The predicted octanol–water partition coefficient (Wildman–Crippen LogP) is 0.737. The van der Waals surface area contributed by atoms with Crippen LogP contribution in [0.5, 0.6) is 0 Å². The molecule has 0 rings (SSSR count). The number of nitrogens with one attached hydrogen (secondary N) is 1. The Balaban J connectivity index is 2.82. The Labute approximate surface area is 50.3 Å². The fraction of sp³-hybridized carbons (Fsp3) is 0.667. The average molecular weight is 114 g/mol. The van der Waals surface area contributed by atoms with Gasteiger partial charge in [-0.3, -0.25) is 0 Å². The number of carbonyl (C=O) groups is 1. The van der Waals surface area contributed by atoms with Gasteiger partial charge in [-0.25, -0.2) is 4.79 Å². The van der Waals surface area contributed by atoms with Crippen molar-refractivity contribution >= 4 is 5.91 Å². The van der Waals surface area contributed by atoms with Crippen molar-refractivity contribution in [3.63, 3.8) is 0 Å². The Morgan fingerprint density at radius 2 is 2.38 bits per heavy atom. The molecule has 0 aliphatic carbocycles. The second kappa shape index (κ2) is 4.50. The summed E-state index contributed by atoms with van der Waals surface area (Å²) in [7, 11) is 0. The zero-order chi connectivity index (χ0) is 6.41. The highest BCUT2D eigenvalue weighted by molar-refractivity contribution is 5.79. The molecule has 46 valence electrons. The third-order valence-electron chi connectivity index (χ3n) is 0.852. The van der Waals surface area contributed by atoms with Gasteiger partial charge in [0.25, 0.3) is 0 Å². The van der Waals surface area contributed by atoms with Gasteiger partial charge in [-0.15, -0.1) is 0 Å². The van der Waals surface area contributed by atoms with E-state index in [2.05, 4.69) is 19.2 Å². The maximum atomic E-state index is 10.1. The van der Waals surface area contributed by atoms with Gasteiger partial charge in [0, 0.05) is 6.54 Å². The van der Waals surface area contributed by atoms with Gasteiger partial charge in [-0.05, 0) is 6.42 Å². The first-order chi connectivity index (χ1) is 3.77. The molecule has 0 aliphatic rings. The maximum Gasteiger partial charge on any atom is 0.399 e. The summed E-state index contributed by atoms with van der Waals surface area (Å²) >= 11 is 0. The summed E-state index contributed by atoms with van der Waals surface area (Å²) < 4.78 is 0. The third kappa shape index (κ3) is 5.34. The minimum absolute atomic E-state index is 0.182. The van der Waals surface area contributed by atoms with Gasteiger partial charge in [0.05, 0.1) is 0 Å². The average Bonchev–Trinajstić information content (AvgIpc) is 1.66. The van der Waals surface area contributed by atoms with Crippen LogP contribution in [0, 0.1) is 6.92 Å². The molecule has 2 nitrogen and oxygen atoms in total. The minimum Gasteiger partial charge on any atom is -0.316 e. The van der Waals surface area contributed by atoms with Crippen LogP contribution < -0.4 is 5.32 Å². The summed E-state index contributed by atoms with van der Waals surface area (Å²) in [5.41, 5.74) is 0. The van der Waals surface area contributed by atoms with Gasteiger partial charge >= 0.3 is 5.91 Å². The number of amides is 1. The van der Waals surface area contributed by atoms with Crippen LogP contribution >= 0.6 is 0 Å². The van der Waals surface area contributed by atoms with Gasteiger partial charge in [-0.1, -0.05) is 13.3 Å². The normalized spacial score (nSPS) is 8.62. The Morgan fingerprint density at radius 1 is 1.75 bits per heavy atom. The van der Waals surface area contributed by atoms with Crippen LogP contribution in [0.1, 0.15) is 19.8 Å². The number of hydrogen-bond acceptors (Lipinski definition) is 1. The van der Waals surface area contributed by atoms with E-state index in [1.54, 1.807) is 0 Å². The molecule has 1 N–H and O–H groups in total. The van der Waals surface area contributed by atoms with E-state index in [1.165, 1.54) is 0 Å². The minimum atomic E-state index is -0.182. The van der Waals surface area contributed by atoms with Gasteiger partial charge in [-0.2, -0.15) is 0 Å². The van der Waals surface area contributed by atoms with Crippen LogP contribution in [0.2, 0.25) is 0 Å². The zero-order valence-electron chi connectivity index (χ0n) is 5.24. The van der Waals surface area contributed by atoms with Crippen molar-refractivity contribution in [3.05, 3.63) is 6.92 Å². The lowest BCUT2D eigenvalue weighted by Gasteiger charge is -1.92. The SMILES string of the molecule is [CH2+]C(=O)NCCCC. The molecule has 0 aromatic heterocycles. The lowest BCUT2D eigenvalue weighted by Crippen LogP contribution is -2.20. The van der Waals surface area contributed by atoms with E-state index in [4.69, 9.17) is 0 Å². The van der Waals surface area contributed by atoms with Gasteiger partial charge < -0.3 is 5.32 Å². The van der Waals surface area contributed by atoms with Crippen molar-refractivity contribution in [1.82, 2.24) is 5.32 Å². The van der Waals surface area contributed by atoms with E-state index in [1.807, 2.05) is 0 Å². The van der Waals surface area contributed by atoms with Gasteiger partial charge in [0.1, 0.15) is 0 Å². The van der Waals surface area contributed by atoms with Crippen molar-refractivity contribution < 1.29 is 4.79 Å². The number of rotatable bonds is 3. The molecule has 0 saturated carbocycles. The first-order valence-electron chi connectivity index (χ1n) is 2.87. The molecule has 0 aliphatic heterocycles. The summed E-state index contributed by atoms with van der Waals surface area (Å²) in [6, 6.07) is 0. The number of unbranched alkanes of at least 4 members (excludes halogenated alkanes) is 1. The van der Waals surface area contributed by atoms with Crippen LogP contribution in [0.15, 0.2) is 0 Å². The molecule has 1 amide bonds. The third-order valence-corrected chi connectivity index (χ3v) is 0.852. The summed E-state index contributed by atoms with van der Waals surface area (Å²) in [6.45, 7) is 6.00. The number of hydrogen-bond donors (Lipinski definition) is 1. The predicted molar refractivity (Wildman–Crippen MR) is 33.3 cm³/mol. The summed E-state index contributed by atoms with van der Waals surface area (Å²) in [6.07, 6.45) is 2.15. The molecule has 0 unspecified atom stereocenters. The first-order valence-corrected chi connectivity index (χ1v) is 2.87. The smallest absolute Gasteiger partial charge is 0.316 e. The zero-order valence-corrected chi connectivity index (χ0v) is 5.24. The van der Waals surface area contributed by atoms with Crippen molar-refractivity contribution in [2.45, 2.75) is 19.8 Å². The summed E-state index contributed by atoms with van der Waals surface area (Å²) in [5, 5.41) is 2.60. The summed E-state index contributed by atoms with van der Waals surface area (Å²) in [5.74, 6) is -0.182. The Morgan fingerprint density at radius 3 is 2.75 bits per heavy atom. The van der Waals surface area contributed by atoms with Crippen LogP contribution in [-0.2, 0) is 4.79 Å². The van der Waals surface area contributed by atoms with E-state index < -0.39 is 0 Å². The summed E-state index contributed by atoms with van der Waals surface area (Å²) in [4.78, 5) is 10.1. The number of carbonyl (C=O) groups excluding carboxylic acids is 1. The molecule has 0 heterocycles. The van der Waals surface area contributed by atoms with Crippen molar-refractivity contribution in [3.8, 4) is 0 Å². The topological polar surface area (TPSA) is 29.1 Å². The molecule has 0 bridgehead atoms. The van der Waals surface area contributed by atoms with Crippen molar-refractivity contribution in [2.24, 2.45) is 0 Å². The second-order valence-electron chi connectivity index (χ2n) is 1.70. The Bertz CT molecular complexity index is 70.9. The van der Waals surface area contributed by atoms with Crippen LogP contribution in [0.4, 0.5) is 0 Å². The molecule has 0 fully saturated rings. The first kappa shape index (κ1) is 7.34. The Hall–Kier alpha value is -0.660. The Kier molecular flexibility index (Phi) is 4.13. The van der Waals surface area contributed by atoms with E-state index in [0.29, 0.717) is 0 Å². The molecule has 0 aromatic rings. The van der Waals surface area contributed by atoms with Crippen LogP contribution in [0.3, 0.4) is 0 Å². The lowest BCUT2D eigenvalue weighted by atomic mass is 10.3. The molecule has 0 atom stereocenters. The quantitative estimate of drug-likeness (QED) is 0.425. The highest BCUT2D eigenvalue weighted by Gasteiger charge is 1.93. The van der Waals surface area contributed by atoms with Gasteiger partial charge in [0.2, 0.25) is 0 Å². The largest absolute Gasteiger partial charge is 0.399 e. The second-order valence-corrected chi connectivity index (χ2v) is 1.70. The van der Waals surface area contributed by atoms with E-state index in [-0.39, 0.29) is 5.91 Å². The van der Waals surface area contributed by atoms with Crippen molar-refractivity contribution in [1.29, 1.82) is 0 Å². The highest BCUT2D eigenvalue weighted by atomic mass is 16.1. The molecule has 0 saturated heterocycles. The van der Waals surface area contributed by atoms with Crippen LogP contribution in [-0.4, -0.2) is 12.5 Å². The molecule has 0 spiro atoms. The van der Waals surface area contributed by atoms with E-state index >= 15 is 0 Å². The van der Waals surface area contributed by atoms with Gasteiger partial charge in [0.15, 0.2) is 6.92 Å².